The minimum Gasteiger partial charge on any atom is -0.369 e. The van der Waals surface area contributed by atoms with E-state index < -0.39 is 11.6 Å². The van der Waals surface area contributed by atoms with E-state index in [1.807, 2.05) is 37.3 Å². The molecular weight excluding hydrogens is 346 g/mol. The van der Waals surface area contributed by atoms with Crippen LogP contribution >= 0.6 is 12.4 Å². The highest BCUT2D eigenvalue weighted by molar-refractivity contribution is 5.85. The van der Waals surface area contributed by atoms with Crippen molar-refractivity contribution in [1.82, 2.24) is 5.32 Å². The summed E-state index contributed by atoms with van der Waals surface area (Å²) in [4.78, 5) is 1.75. The second-order valence-corrected chi connectivity index (χ2v) is 6.01. The first-order chi connectivity index (χ1) is 11.6. The zero-order valence-corrected chi connectivity index (χ0v) is 15.0. The fraction of sp³-hybridized carbons (Fsp3) is 0.368. The number of hydrogen-bond acceptors (Lipinski definition) is 3. The molecule has 0 radical (unpaired) electrons. The number of halogens is 3. The molecule has 0 spiro atoms. The topological polar surface area (TPSA) is 24.5 Å². The predicted molar refractivity (Wildman–Crippen MR) is 98.3 cm³/mol. The van der Waals surface area contributed by atoms with E-state index in [9.17, 15) is 8.78 Å². The molecule has 2 aromatic rings. The second-order valence-electron chi connectivity index (χ2n) is 6.01. The van der Waals surface area contributed by atoms with Crippen molar-refractivity contribution in [3.8, 4) is 0 Å². The lowest BCUT2D eigenvalue weighted by Gasteiger charge is -2.30. The van der Waals surface area contributed by atoms with Crippen LogP contribution in [0.5, 0.6) is 0 Å². The van der Waals surface area contributed by atoms with Gasteiger partial charge in [-0.25, -0.2) is 8.78 Å². The maximum atomic E-state index is 14.5. The van der Waals surface area contributed by atoms with Gasteiger partial charge in [-0.1, -0.05) is 30.3 Å². The van der Waals surface area contributed by atoms with E-state index in [-0.39, 0.29) is 24.2 Å². The molecule has 2 aromatic carbocycles. The number of nitrogens with one attached hydrogen (secondary N) is 1. The van der Waals surface area contributed by atoms with Crippen molar-refractivity contribution in [2.75, 3.05) is 31.1 Å². The van der Waals surface area contributed by atoms with Crippen LogP contribution in [0.4, 0.5) is 14.5 Å². The van der Waals surface area contributed by atoms with Crippen LogP contribution in [0.3, 0.4) is 0 Å². The first-order valence-electron chi connectivity index (χ1n) is 8.25. The molecule has 0 amide bonds. The van der Waals surface area contributed by atoms with E-state index >= 15 is 0 Å². The fourth-order valence-electron chi connectivity index (χ4n) is 2.90. The first kappa shape index (κ1) is 19.6. The van der Waals surface area contributed by atoms with Gasteiger partial charge in [0.1, 0.15) is 17.3 Å². The van der Waals surface area contributed by atoms with E-state index in [0.717, 1.165) is 18.7 Å². The van der Waals surface area contributed by atoms with Crippen LogP contribution in [-0.4, -0.2) is 26.2 Å². The summed E-state index contributed by atoms with van der Waals surface area (Å²) in [7, 11) is 0. The zero-order chi connectivity index (χ0) is 16.9. The molecule has 0 aliphatic carbocycles. The van der Waals surface area contributed by atoms with E-state index in [4.69, 9.17) is 4.74 Å². The summed E-state index contributed by atoms with van der Waals surface area (Å²) in [5.74, 6) is -1.05. The Bertz CT molecular complexity index is 655. The highest BCUT2D eigenvalue weighted by Crippen LogP contribution is 2.29. The summed E-state index contributed by atoms with van der Waals surface area (Å²) in [5.41, 5.74) is 1.61. The molecular formula is C19H23ClF2N2O. The van der Waals surface area contributed by atoms with Crippen LogP contribution in [0, 0.1) is 11.6 Å². The van der Waals surface area contributed by atoms with Crippen molar-refractivity contribution >= 4 is 18.1 Å². The number of hydrogen-bond donors (Lipinski definition) is 1. The van der Waals surface area contributed by atoms with Crippen LogP contribution in [0.2, 0.25) is 0 Å². The predicted octanol–water partition coefficient (Wildman–Crippen LogP) is 4.07. The van der Waals surface area contributed by atoms with Crippen molar-refractivity contribution in [2.24, 2.45) is 0 Å². The van der Waals surface area contributed by atoms with Gasteiger partial charge >= 0.3 is 0 Å². The van der Waals surface area contributed by atoms with Crippen LogP contribution in [0.15, 0.2) is 42.5 Å². The van der Waals surface area contributed by atoms with Gasteiger partial charge in [0.15, 0.2) is 0 Å². The summed E-state index contributed by atoms with van der Waals surface area (Å²) >= 11 is 0. The number of nitrogens with zero attached hydrogens (tertiary/aromatic N) is 1. The van der Waals surface area contributed by atoms with Crippen molar-refractivity contribution in [1.29, 1.82) is 0 Å². The SMILES string of the molecule is CC(OCc1ccccc1)c1cc(F)c(N2CCNCC2)c(F)c1.Cl. The molecule has 1 fully saturated rings. The monoisotopic (exact) mass is 368 g/mol. The number of rotatable bonds is 5. The van der Waals surface area contributed by atoms with Gasteiger partial charge in [-0.05, 0) is 30.2 Å². The third-order valence-electron chi connectivity index (χ3n) is 4.28. The number of piperazine rings is 1. The summed E-state index contributed by atoms with van der Waals surface area (Å²) in [6.45, 7) is 4.89. The molecule has 6 heteroatoms. The smallest absolute Gasteiger partial charge is 0.149 e. The molecule has 1 aliphatic rings. The average Bonchev–Trinajstić information content (AvgIpc) is 2.61. The molecule has 1 aliphatic heterocycles. The Morgan fingerprint density at radius 3 is 2.28 bits per heavy atom. The quantitative estimate of drug-likeness (QED) is 0.860. The molecule has 3 rings (SSSR count). The second kappa shape index (κ2) is 9.13. The molecule has 1 N–H and O–H groups in total. The van der Waals surface area contributed by atoms with E-state index in [2.05, 4.69) is 5.32 Å². The van der Waals surface area contributed by atoms with Crippen molar-refractivity contribution in [2.45, 2.75) is 19.6 Å². The molecule has 25 heavy (non-hydrogen) atoms. The van der Waals surface area contributed by atoms with Crippen LogP contribution in [-0.2, 0) is 11.3 Å². The van der Waals surface area contributed by atoms with Gasteiger partial charge in [0.25, 0.3) is 0 Å². The molecule has 1 atom stereocenters. The average molecular weight is 369 g/mol. The van der Waals surface area contributed by atoms with E-state index in [1.165, 1.54) is 12.1 Å². The third kappa shape index (κ3) is 4.91. The molecule has 3 nitrogen and oxygen atoms in total. The minimum atomic E-state index is -0.526. The van der Waals surface area contributed by atoms with E-state index in [0.29, 0.717) is 25.3 Å². The summed E-state index contributed by atoms with van der Waals surface area (Å²) in [6, 6.07) is 12.5. The normalized spacial score (nSPS) is 15.6. The molecule has 1 heterocycles. The van der Waals surface area contributed by atoms with Gasteiger partial charge in [0.2, 0.25) is 0 Å². The highest BCUT2D eigenvalue weighted by Gasteiger charge is 2.21. The highest BCUT2D eigenvalue weighted by atomic mass is 35.5. The largest absolute Gasteiger partial charge is 0.369 e. The van der Waals surface area contributed by atoms with E-state index in [1.54, 1.807) is 4.90 Å². The third-order valence-corrected chi connectivity index (χ3v) is 4.28. The Morgan fingerprint density at radius 1 is 1.08 bits per heavy atom. The zero-order valence-electron chi connectivity index (χ0n) is 14.2. The standard InChI is InChI=1S/C19H22F2N2O.ClH/c1-14(24-13-15-5-3-2-4-6-15)16-11-17(20)19(18(21)12-16)23-9-7-22-8-10-23;/h2-6,11-12,14,22H,7-10,13H2,1H3;1H. The van der Waals surface area contributed by atoms with Crippen molar-refractivity contribution in [3.05, 3.63) is 65.2 Å². The Kier molecular flexibility index (Phi) is 7.17. The van der Waals surface area contributed by atoms with Crippen LogP contribution < -0.4 is 10.2 Å². The maximum Gasteiger partial charge on any atom is 0.149 e. The Labute approximate surface area is 153 Å². The van der Waals surface area contributed by atoms with Gasteiger partial charge < -0.3 is 15.0 Å². The number of ether oxygens (including phenoxy) is 1. The fourth-order valence-corrected chi connectivity index (χ4v) is 2.90. The van der Waals surface area contributed by atoms with Crippen LogP contribution in [0.25, 0.3) is 0 Å². The summed E-state index contributed by atoms with van der Waals surface area (Å²) < 4.78 is 34.7. The molecule has 0 saturated carbocycles. The molecule has 0 aromatic heterocycles. The van der Waals surface area contributed by atoms with Gasteiger partial charge in [-0.15, -0.1) is 12.4 Å². The molecule has 0 bridgehead atoms. The van der Waals surface area contributed by atoms with Gasteiger partial charge in [-0.2, -0.15) is 0 Å². The summed E-state index contributed by atoms with van der Waals surface area (Å²) in [6.07, 6.45) is -0.383. The van der Waals surface area contributed by atoms with Gasteiger partial charge in [0.05, 0.1) is 12.7 Å². The number of benzene rings is 2. The lowest BCUT2D eigenvalue weighted by Crippen LogP contribution is -2.44. The lowest BCUT2D eigenvalue weighted by atomic mass is 10.1. The Balaban J connectivity index is 0.00000225. The van der Waals surface area contributed by atoms with Gasteiger partial charge in [0, 0.05) is 26.2 Å². The maximum absolute atomic E-state index is 14.5. The Hall–Kier alpha value is -1.69. The minimum absolute atomic E-state index is 0. The molecule has 1 saturated heterocycles. The molecule has 1 unspecified atom stereocenters. The first-order valence-corrected chi connectivity index (χ1v) is 8.25. The van der Waals surface area contributed by atoms with Crippen molar-refractivity contribution in [3.63, 3.8) is 0 Å². The molecule has 136 valence electrons. The van der Waals surface area contributed by atoms with Crippen LogP contribution in [0.1, 0.15) is 24.2 Å². The van der Waals surface area contributed by atoms with Crippen molar-refractivity contribution < 1.29 is 13.5 Å². The Morgan fingerprint density at radius 2 is 1.68 bits per heavy atom. The number of anilines is 1. The lowest BCUT2D eigenvalue weighted by molar-refractivity contribution is 0.0522. The van der Waals surface area contributed by atoms with Gasteiger partial charge in [-0.3, -0.25) is 0 Å². The summed E-state index contributed by atoms with van der Waals surface area (Å²) in [5, 5.41) is 3.18.